The van der Waals surface area contributed by atoms with Crippen LogP contribution < -0.4 is 10.1 Å². The normalized spacial score (nSPS) is 20.2. The quantitative estimate of drug-likeness (QED) is 0.820. The van der Waals surface area contributed by atoms with Crippen molar-refractivity contribution in [2.24, 2.45) is 0 Å². The zero-order valence-corrected chi connectivity index (χ0v) is 15.3. The zero-order chi connectivity index (χ0) is 18.3. The Morgan fingerprint density at radius 3 is 2.72 bits per heavy atom. The number of nitrogens with one attached hydrogen (secondary N) is 1. The van der Waals surface area contributed by atoms with Gasteiger partial charge in [0.1, 0.15) is 5.75 Å². The minimum Gasteiger partial charge on any atom is -0.496 e. The molecule has 25 heavy (non-hydrogen) atoms. The van der Waals surface area contributed by atoms with E-state index in [9.17, 15) is 9.59 Å². The van der Waals surface area contributed by atoms with Gasteiger partial charge in [-0.15, -0.1) is 0 Å². The largest absolute Gasteiger partial charge is 0.496 e. The van der Waals surface area contributed by atoms with E-state index in [1.807, 2.05) is 24.3 Å². The number of hydrogen-bond acceptors (Lipinski definition) is 4. The monoisotopic (exact) mass is 348 g/mol. The van der Waals surface area contributed by atoms with Gasteiger partial charge in [-0.2, -0.15) is 0 Å². The fraction of sp³-hybridized carbons (Fsp3) is 0.579. The summed E-state index contributed by atoms with van der Waals surface area (Å²) < 4.78 is 11.0. The Kier molecular flexibility index (Phi) is 6.82. The molecule has 0 aliphatic carbocycles. The molecule has 1 aromatic carbocycles. The number of rotatable bonds is 7. The lowest BCUT2D eigenvalue weighted by molar-refractivity contribution is -0.139. The van der Waals surface area contributed by atoms with Gasteiger partial charge < -0.3 is 19.7 Å². The smallest absolute Gasteiger partial charge is 0.220 e. The molecule has 1 aliphatic rings. The highest BCUT2D eigenvalue weighted by Gasteiger charge is 2.36. The molecule has 6 heteroatoms. The molecule has 0 radical (unpaired) electrons. The third-order valence-corrected chi connectivity index (χ3v) is 4.89. The standard InChI is InChI=1S/C19H28N2O4/c1-15(22)21-12-6-10-19(14-21,25-3)11-9-18(23)20-13-16-7-4-5-8-17(16)24-2/h4-5,7-8H,6,9-14H2,1-3H3,(H,20,23). The Morgan fingerprint density at radius 2 is 2.04 bits per heavy atom. The van der Waals surface area contributed by atoms with Crippen LogP contribution in [0.3, 0.4) is 0 Å². The van der Waals surface area contributed by atoms with Gasteiger partial charge in [-0.1, -0.05) is 18.2 Å². The molecular weight excluding hydrogens is 320 g/mol. The van der Waals surface area contributed by atoms with Crippen LogP contribution in [0.5, 0.6) is 5.75 Å². The topological polar surface area (TPSA) is 67.9 Å². The fourth-order valence-electron chi connectivity index (χ4n) is 3.31. The van der Waals surface area contributed by atoms with E-state index in [2.05, 4.69) is 5.32 Å². The molecule has 1 heterocycles. The van der Waals surface area contributed by atoms with Gasteiger partial charge in [0.25, 0.3) is 0 Å². The lowest BCUT2D eigenvalue weighted by Gasteiger charge is -2.41. The van der Waals surface area contributed by atoms with Gasteiger partial charge in [-0.05, 0) is 25.3 Å². The molecule has 0 saturated carbocycles. The number of methoxy groups -OCH3 is 2. The Bertz CT molecular complexity index is 605. The third-order valence-electron chi connectivity index (χ3n) is 4.89. The molecule has 0 aromatic heterocycles. The Balaban J connectivity index is 1.86. The van der Waals surface area contributed by atoms with E-state index in [1.54, 1.807) is 26.0 Å². The van der Waals surface area contributed by atoms with Gasteiger partial charge in [-0.25, -0.2) is 0 Å². The summed E-state index contributed by atoms with van der Waals surface area (Å²) in [7, 11) is 3.28. The number of amides is 2. The maximum atomic E-state index is 12.2. The molecule has 138 valence electrons. The summed E-state index contributed by atoms with van der Waals surface area (Å²) in [6, 6.07) is 7.63. The first-order valence-electron chi connectivity index (χ1n) is 8.69. The van der Waals surface area contributed by atoms with Crippen LogP contribution in [0.2, 0.25) is 0 Å². The van der Waals surface area contributed by atoms with Gasteiger partial charge in [0.05, 0.1) is 12.7 Å². The second kappa shape index (κ2) is 8.85. The number of para-hydroxylation sites is 1. The lowest BCUT2D eigenvalue weighted by Crippen LogP contribution is -2.51. The van der Waals surface area contributed by atoms with Crippen molar-refractivity contribution in [2.75, 3.05) is 27.3 Å². The Morgan fingerprint density at radius 1 is 1.28 bits per heavy atom. The summed E-state index contributed by atoms with van der Waals surface area (Å²) in [4.78, 5) is 25.7. The van der Waals surface area contributed by atoms with E-state index in [0.29, 0.717) is 25.9 Å². The van der Waals surface area contributed by atoms with E-state index in [1.165, 1.54) is 0 Å². The number of hydrogen-bond donors (Lipinski definition) is 1. The molecule has 0 spiro atoms. The number of benzene rings is 1. The SMILES string of the molecule is COc1ccccc1CNC(=O)CCC1(OC)CCCN(C(C)=O)C1. The van der Waals surface area contributed by atoms with Crippen LogP contribution in [0.25, 0.3) is 0 Å². The van der Waals surface area contributed by atoms with Gasteiger partial charge in [0.2, 0.25) is 11.8 Å². The molecule has 2 rings (SSSR count). The number of carbonyl (C=O) groups is 2. The Labute approximate surface area is 149 Å². The maximum absolute atomic E-state index is 12.2. The van der Waals surface area contributed by atoms with Crippen molar-refractivity contribution >= 4 is 11.8 Å². The van der Waals surface area contributed by atoms with Crippen molar-refractivity contribution < 1.29 is 19.1 Å². The van der Waals surface area contributed by atoms with Crippen LogP contribution in [0.1, 0.15) is 38.2 Å². The van der Waals surface area contributed by atoms with Crippen LogP contribution in [-0.2, 0) is 20.9 Å². The van der Waals surface area contributed by atoms with Crippen molar-refractivity contribution in [3.63, 3.8) is 0 Å². The molecule has 1 saturated heterocycles. The van der Waals surface area contributed by atoms with Gasteiger partial charge >= 0.3 is 0 Å². The minimum absolute atomic E-state index is 0.0257. The maximum Gasteiger partial charge on any atom is 0.220 e. The van der Waals surface area contributed by atoms with Crippen LogP contribution in [0, 0.1) is 0 Å². The van der Waals surface area contributed by atoms with Crippen molar-refractivity contribution in [3.05, 3.63) is 29.8 Å². The molecule has 1 unspecified atom stereocenters. The van der Waals surface area contributed by atoms with Crippen LogP contribution in [-0.4, -0.2) is 49.6 Å². The number of likely N-dealkylation sites (tertiary alicyclic amines) is 1. The lowest BCUT2D eigenvalue weighted by atomic mass is 9.87. The van der Waals surface area contributed by atoms with Gasteiger partial charge in [0, 0.05) is 45.7 Å². The summed E-state index contributed by atoms with van der Waals surface area (Å²) in [6.45, 7) is 3.33. The van der Waals surface area contributed by atoms with Crippen molar-refractivity contribution in [1.29, 1.82) is 0 Å². The Hall–Kier alpha value is -2.08. The number of nitrogens with zero attached hydrogens (tertiary/aromatic N) is 1. The first-order chi connectivity index (χ1) is 12.0. The first kappa shape index (κ1) is 19.2. The highest BCUT2D eigenvalue weighted by atomic mass is 16.5. The summed E-state index contributed by atoms with van der Waals surface area (Å²) >= 11 is 0. The fourth-order valence-corrected chi connectivity index (χ4v) is 3.31. The predicted molar refractivity (Wildman–Crippen MR) is 95.3 cm³/mol. The van der Waals surface area contributed by atoms with Crippen molar-refractivity contribution in [3.8, 4) is 5.75 Å². The molecule has 1 aromatic rings. The summed E-state index contributed by atoms with van der Waals surface area (Å²) in [5.74, 6) is 0.796. The van der Waals surface area contributed by atoms with Crippen molar-refractivity contribution in [2.45, 2.75) is 44.8 Å². The summed E-state index contributed by atoms with van der Waals surface area (Å²) in [6.07, 6.45) is 2.74. The molecule has 0 bridgehead atoms. The molecule has 1 fully saturated rings. The molecule has 6 nitrogen and oxygen atoms in total. The van der Waals surface area contributed by atoms with Gasteiger partial charge in [0.15, 0.2) is 0 Å². The van der Waals surface area contributed by atoms with E-state index in [-0.39, 0.29) is 11.8 Å². The number of carbonyl (C=O) groups excluding carboxylic acids is 2. The van der Waals surface area contributed by atoms with Crippen molar-refractivity contribution in [1.82, 2.24) is 10.2 Å². The highest BCUT2D eigenvalue weighted by molar-refractivity contribution is 5.76. The van der Waals surface area contributed by atoms with Gasteiger partial charge in [-0.3, -0.25) is 9.59 Å². The molecule has 1 aliphatic heterocycles. The van der Waals surface area contributed by atoms with E-state index < -0.39 is 5.60 Å². The highest BCUT2D eigenvalue weighted by Crippen LogP contribution is 2.29. The number of piperidine rings is 1. The molecule has 1 atom stereocenters. The van der Waals surface area contributed by atoms with E-state index in [0.717, 1.165) is 30.7 Å². The average Bonchev–Trinajstić information content (AvgIpc) is 2.65. The second-order valence-corrected chi connectivity index (χ2v) is 6.52. The summed E-state index contributed by atoms with van der Waals surface area (Å²) in [5, 5.41) is 2.93. The average molecular weight is 348 g/mol. The predicted octanol–water partition coefficient (Wildman–Crippen LogP) is 2.12. The van der Waals surface area contributed by atoms with Crippen LogP contribution in [0.15, 0.2) is 24.3 Å². The first-order valence-corrected chi connectivity index (χ1v) is 8.69. The van der Waals surface area contributed by atoms with Crippen LogP contribution in [0.4, 0.5) is 0 Å². The van der Waals surface area contributed by atoms with Crippen LogP contribution >= 0.6 is 0 Å². The zero-order valence-electron chi connectivity index (χ0n) is 15.3. The second-order valence-electron chi connectivity index (χ2n) is 6.52. The molecular formula is C19H28N2O4. The van der Waals surface area contributed by atoms with E-state index in [4.69, 9.17) is 9.47 Å². The third kappa shape index (κ3) is 5.19. The minimum atomic E-state index is -0.425. The molecule has 2 amide bonds. The summed E-state index contributed by atoms with van der Waals surface area (Å²) in [5.41, 5.74) is 0.520. The number of ether oxygens (including phenoxy) is 2. The van der Waals surface area contributed by atoms with E-state index >= 15 is 0 Å². The molecule has 1 N–H and O–H groups in total.